The zero-order valence-corrected chi connectivity index (χ0v) is 14.1. The zero-order valence-electron chi connectivity index (χ0n) is 12.6. The maximum atomic E-state index is 12.9. The summed E-state index contributed by atoms with van der Waals surface area (Å²) in [6, 6.07) is 6.00. The van der Waals surface area contributed by atoms with Crippen molar-refractivity contribution in [2.75, 3.05) is 6.54 Å². The molecule has 0 spiro atoms. The first-order valence-corrected chi connectivity index (χ1v) is 8.83. The molecule has 3 unspecified atom stereocenters. The van der Waals surface area contributed by atoms with Crippen LogP contribution in [0.15, 0.2) is 18.2 Å². The number of amides is 1. The molecule has 1 aromatic carbocycles. The molecule has 2 N–H and O–H groups in total. The standard InChI is InChI=1S/C17H22Cl2N2O/c18-14-7-6-11(10-15(14)19)16-5-2-8-21(16)17(22)12-3-1-4-13(20)9-12/h6-7,10,12-13,16H,1-5,8-9,20H2. The molecular weight excluding hydrogens is 319 g/mol. The van der Waals surface area contributed by atoms with Gasteiger partial charge in [-0.25, -0.2) is 0 Å². The number of likely N-dealkylation sites (tertiary alicyclic amines) is 1. The molecule has 1 heterocycles. The lowest BCUT2D eigenvalue weighted by molar-refractivity contribution is -0.137. The molecular formula is C17H22Cl2N2O. The van der Waals surface area contributed by atoms with Gasteiger partial charge in [0.25, 0.3) is 0 Å². The molecule has 1 saturated heterocycles. The van der Waals surface area contributed by atoms with Crippen molar-refractivity contribution in [3.05, 3.63) is 33.8 Å². The number of nitrogens with zero attached hydrogens (tertiary/aromatic N) is 1. The molecule has 2 aliphatic rings. The van der Waals surface area contributed by atoms with E-state index in [0.29, 0.717) is 10.0 Å². The van der Waals surface area contributed by atoms with Crippen molar-refractivity contribution in [1.82, 2.24) is 4.90 Å². The van der Waals surface area contributed by atoms with Crippen LogP contribution in [0.25, 0.3) is 0 Å². The summed E-state index contributed by atoms with van der Waals surface area (Å²) in [4.78, 5) is 14.9. The van der Waals surface area contributed by atoms with Gasteiger partial charge in [0.1, 0.15) is 0 Å². The van der Waals surface area contributed by atoms with E-state index < -0.39 is 0 Å². The van der Waals surface area contributed by atoms with Crippen molar-refractivity contribution in [2.24, 2.45) is 11.7 Å². The summed E-state index contributed by atoms with van der Waals surface area (Å²) in [5.41, 5.74) is 7.12. The maximum Gasteiger partial charge on any atom is 0.226 e. The largest absolute Gasteiger partial charge is 0.335 e. The van der Waals surface area contributed by atoms with Gasteiger partial charge in [-0.3, -0.25) is 4.79 Å². The summed E-state index contributed by atoms with van der Waals surface area (Å²) in [6.07, 6.45) is 5.92. The van der Waals surface area contributed by atoms with Gasteiger partial charge in [0.05, 0.1) is 16.1 Å². The minimum absolute atomic E-state index is 0.0899. The molecule has 3 nitrogen and oxygen atoms in total. The van der Waals surface area contributed by atoms with Crippen LogP contribution in [0.1, 0.15) is 50.1 Å². The van der Waals surface area contributed by atoms with Crippen molar-refractivity contribution in [3.8, 4) is 0 Å². The maximum absolute atomic E-state index is 12.9. The third kappa shape index (κ3) is 3.27. The Balaban J connectivity index is 1.77. The quantitative estimate of drug-likeness (QED) is 0.877. The van der Waals surface area contributed by atoms with E-state index in [1.807, 2.05) is 23.1 Å². The number of hydrogen-bond donors (Lipinski definition) is 1. The Morgan fingerprint density at radius 1 is 1.14 bits per heavy atom. The van der Waals surface area contributed by atoms with E-state index in [1.165, 1.54) is 0 Å². The van der Waals surface area contributed by atoms with Crippen molar-refractivity contribution in [3.63, 3.8) is 0 Å². The molecule has 0 bridgehead atoms. The van der Waals surface area contributed by atoms with Crippen molar-refractivity contribution in [2.45, 2.75) is 50.6 Å². The number of benzene rings is 1. The fourth-order valence-corrected chi connectivity index (χ4v) is 4.09. The van der Waals surface area contributed by atoms with E-state index >= 15 is 0 Å². The molecule has 1 aliphatic heterocycles. The molecule has 0 aromatic heterocycles. The predicted molar refractivity (Wildman–Crippen MR) is 90.1 cm³/mol. The minimum atomic E-state index is 0.0899. The van der Waals surface area contributed by atoms with Gasteiger partial charge in [0.2, 0.25) is 5.91 Å². The smallest absolute Gasteiger partial charge is 0.226 e. The second-order valence-corrected chi connectivity index (χ2v) is 7.30. The predicted octanol–water partition coefficient (Wildman–Crippen LogP) is 4.17. The summed E-state index contributed by atoms with van der Waals surface area (Å²) in [5, 5.41) is 1.11. The Morgan fingerprint density at radius 3 is 2.68 bits per heavy atom. The highest BCUT2D eigenvalue weighted by Gasteiger charge is 2.35. The van der Waals surface area contributed by atoms with Crippen LogP contribution in [0.5, 0.6) is 0 Å². The molecule has 1 saturated carbocycles. The fraction of sp³-hybridized carbons (Fsp3) is 0.588. The van der Waals surface area contributed by atoms with Gasteiger partial charge >= 0.3 is 0 Å². The van der Waals surface area contributed by atoms with Crippen LogP contribution in [-0.2, 0) is 4.79 Å². The van der Waals surface area contributed by atoms with Crippen LogP contribution in [0.3, 0.4) is 0 Å². The first-order valence-electron chi connectivity index (χ1n) is 8.07. The van der Waals surface area contributed by atoms with E-state index in [4.69, 9.17) is 28.9 Å². The zero-order chi connectivity index (χ0) is 15.7. The van der Waals surface area contributed by atoms with Crippen molar-refractivity contribution < 1.29 is 4.79 Å². The van der Waals surface area contributed by atoms with E-state index in [1.54, 1.807) is 0 Å². The van der Waals surface area contributed by atoms with Crippen molar-refractivity contribution in [1.29, 1.82) is 0 Å². The molecule has 1 aliphatic carbocycles. The Bertz CT molecular complexity index is 564. The van der Waals surface area contributed by atoms with Gasteiger partial charge in [-0.05, 0) is 49.8 Å². The van der Waals surface area contributed by atoms with E-state index in [2.05, 4.69) is 0 Å². The summed E-state index contributed by atoms with van der Waals surface area (Å²) >= 11 is 12.1. The van der Waals surface area contributed by atoms with E-state index in [0.717, 1.165) is 50.6 Å². The number of carbonyl (C=O) groups excluding carboxylic acids is 1. The highest BCUT2D eigenvalue weighted by molar-refractivity contribution is 6.42. The monoisotopic (exact) mass is 340 g/mol. The number of carbonyl (C=O) groups is 1. The van der Waals surface area contributed by atoms with Gasteiger partial charge in [-0.2, -0.15) is 0 Å². The summed E-state index contributed by atoms with van der Waals surface area (Å²) in [6.45, 7) is 0.829. The second kappa shape index (κ2) is 6.77. The Labute approximate surface area is 141 Å². The first-order chi connectivity index (χ1) is 10.6. The molecule has 3 atom stereocenters. The van der Waals surface area contributed by atoms with Gasteiger partial charge < -0.3 is 10.6 Å². The second-order valence-electron chi connectivity index (χ2n) is 6.49. The third-order valence-electron chi connectivity index (χ3n) is 4.93. The molecule has 5 heteroatoms. The summed E-state index contributed by atoms with van der Waals surface area (Å²) in [7, 11) is 0. The summed E-state index contributed by atoms with van der Waals surface area (Å²) in [5.74, 6) is 0.357. The number of halogens is 2. The Kier molecular flexibility index (Phi) is 4.96. The van der Waals surface area contributed by atoms with Crippen LogP contribution in [0, 0.1) is 5.92 Å². The van der Waals surface area contributed by atoms with Crippen LogP contribution >= 0.6 is 23.2 Å². The first kappa shape index (κ1) is 16.1. The van der Waals surface area contributed by atoms with Crippen molar-refractivity contribution >= 4 is 29.1 Å². The SMILES string of the molecule is NC1CCCC(C(=O)N2CCCC2c2ccc(Cl)c(Cl)c2)C1. The average molecular weight is 341 g/mol. The lowest BCUT2D eigenvalue weighted by Gasteiger charge is -2.32. The molecule has 120 valence electrons. The topological polar surface area (TPSA) is 46.3 Å². The van der Waals surface area contributed by atoms with Gasteiger partial charge in [-0.15, -0.1) is 0 Å². The number of nitrogens with two attached hydrogens (primary N) is 1. The van der Waals surface area contributed by atoms with Crippen LogP contribution < -0.4 is 5.73 Å². The van der Waals surface area contributed by atoms with E-state index in [-0.39, 0.29) is 23.9 Å². The molecule has 1 amide bonds. The molecule has 22 heavy (non-hydrogen) atoms. The third-order valence-corrected chi connectivity index (χ3v) is 5.67. The molecule has 3 rings (SSSR count). The molecule has 2 fully saturated rings. The van der Waals surface area contributed by atoms with Gasteiger partial charge in [0, 0.05) is 18.5 Å². The highest BCUT2D eigenvalue weighted by Crippen LogP contribution is 2.37. The fourth-order valence-electron chi connectivity index (χ4n) is 3.78. The van der Waals surface area contributed by atoms with Crippen LogP contribution in [0.4, 0.5) is 0 Å². The van der Waals surface area contributed by atoms with Crippen LogP contribution in [-0.4, -0.2) is 23.4 Å². The minimum Gasteiger partial charge on any atom is -0.335 e. The van der Waals surface area contributed by atoms with E-state index in [9.17, 15) is 4.79 Å². The molecule has 1 aromatic rings. The highest BCUT2D eigenvalue weighted by atomic mass is 35.5. The average Bonchev–Trinajstić information content (AvgIpc) is 2.98. The molecule has 0 radical (unpaired) electrons. The normalized spacial score (nSPS) is 28.9. The Morgan fingerprint density at radius 2 is 1.95 bits per heavy atom. The number of rotatable bonds is 2. The van der Waals surface area contributed by atoms with Gasteiger partial charge in [0.15, 0.2) is 0 Å². The lowest BCUT2D eigenvalue weighted by atomic mass is 9.85. The summed E-state index contributed by atoms with van der Waals surface area (Å²) < 4.78 is 0. The number of hydrogen-bond acceptors (Lipinski definition) is 2. The van der Waals surface area contributed by atoms with Gasteiger partial charge in [-0.1, -0.05) is 35.7 Å². The van der Waals surface area contributed by atoms with Crippen LogP contribution in [0.2, 0.25) is 10.0 Å². The lowest BCUT2D eigenvalue weighted by Crippen LogP contribution is -2.40. The Hall–Kier alpha value is -0.770.